The number of hydrogen-bond acceptors (Lipinski definition) is 2. The quantitative estimate of drug-likeness (QED) is 0.561. The van der Waals surface area contributed by atoms with E-state index in [0.717, 1.165) is 6.42 Å². The van der Waals surface area contributed by atoms with E-state index < -0.39 is 0 Å². The van der Waals surface area contributed by atoms with Crippen LogP contribution >= 0.6 is 0 Å². The Kier molecular flexibility index (Phi) is 6.44. The minimum Gasteiger partial charge on any atom is -0.303 e. The van der Waals surface area contributed by atoms with E-state index in [1.807, 2.05) is 11.9 Å². The zero-order valence-electron chi connectivity index (χ0n) is 15.7. The first kappa shape index (κ1) is 18.5. The van der Waals surface area contributed by atoms with Crippen molar-refractivity contribution in [3.63, 3.8) is 0 Å². The van der Waals surface area contributed by atoms with Crippen molar-refractivity contribution in [3.8, 4) is 0 Å². The van der Waals surface area contributed by atoms with Crippen molar-refractivity contribution in [2.75, 3.05) is 0 Å². The number of hydrazine groups is 1. The molecular weight excluding hydrogens is 292 g/mol. The van der Waals surface area contributed by atoms with E-state index in [9.17, 15) is 0 Å². The molecule has 0 radical (unpaired) electrons. The van der Waals surface area contributed by atoms with Crippen molar-refractivity contribution in [3.05, 3.63) is 71.5 Å². The zero-order chi connectivity index (χ0) is 17.7. The maximum atomic E-state index is 6.65. The van der Waals surface area contributed by atoms with Crippen molar-refractivity contribution < 1.29 is 0 Å². The SMILES string of the molecule is C\C=C/C=C(\C=C/C)C1C(C)C(CC)C2=C(C=CC(C)C=C2)N1N. The summed E-state index contributed by atoms with van der Waals surface area (Å²) in [6.07, 6.45) is 20.8. The van der Waals surface area contributed by atoms with Gasteiger partial charge in [0.2, 0.25) is 0 Å². The number of nitrogens with two attached hydrogens (primary N) is 1. The molecule has 0 saturated heterocycles. The van der Waals surface area contributed by atoms with E-state index in [0.29, 0.717) is 17.8 Å². The van der Waals surface area contributed by atoms with Gasteiger partial charge in [0, 0.05) is 0 Å². The van der Waals surface area contributed by atoms with E-state index in [2.05, 4.69) is 82.4 Å². The van der Waals surface area contributed by atoms with Crippen LogP contribution in [0.1, 0.15) is 41.0 Å². The van der Waals surface area contributed by atoms with Gasteiger partial charge in [-0.15, -0.1) is 0 Å². The third-order valence-corrected chi connectivity index (χ3v) is 5.16. The summed E-state index contributed by atoms with van der Waals surface area (Å²) in [6.45, 7) is 10.9. The Morgan fingerprint density at radius 2 is 1.88 bits per heavy atom. The third kappa shape index (κ3) is 3.64. The molecule has 2 rings (SSSR count). The fraction of sp³-hybridized carbons (Fsp3) is 0.455. The van der Waals surface area contributed by atoms with Gasteiger partial charge >= 0.3 is 0 Å². The molecular formula is C22H32N2. The molecule has 0 fully saturated rings. The van der Waals surface area contributed by atoms with E-state index >= 15 is 0 Å². The molecule has 0 amide bonds. The number of allylic oxidation sites excluding steroid dienone is 9. The van der Waals surface area contributed by atoms with Crippen LogP contribution in [0.3, 0.4) is 0 Å². The maximum Gasteiger partial charge on any atom is 0.0733 e. The molecule has 0 aromatic carbocycles. The van der Waals surface area contributed by atoms with Crippen LogP contribution in [0.2, 0.25) is 0 Å². The molecule has 4 unspecified atom stereocenters. The van der Waals surface area contributed by atoms with Gasteiger partial charge in [-0.3, -0.25) is 0 Å². The maximum absolute atomic E-state index is 6.65. The average molecular weight is 325 g/mol. The average Bonchev–Trinajstić information content (AvgIpc) is 2.75. The first-order valence-electron chi connectivity index (χ1n) is 9.15. The highest BCUT2D eigenvalue weighted by Gasteiger charge is 2.38. The van der Waals surface area contributed by atoms with Crippen molar-refractivity contribution in [1.29, 1.82) is 0 Å². The van der Waals surface area contributed by atoms with Gasteiger partial charge in [0.25, 0.3) is 0 Å². The smallest absolute Gasteiger partial charge is 0.0733 e. The lowest BCUT2D eigenvalue weighted by Gasteiger charge is -2.45. The Morgan fingerprint density at radius 1 is 1.17 bits per heavy atom. The molecule has 0 saturated carbocycles. The largest absolute Gasteiger partial charge is 0.303 e. The van der Waals surface area contributed by atoms with Gasteiger partial charge in [0.05, 0.1) is 11.7 Å². The molecule has 2 aliphatic rings. The van der Waals surface area contributed by atoms with Gasteiger partial charge in [-0.25, -0.2) is 5.84 Å². The number of rotatable bonds is 4. The molecule has 4 atom stereocenters. The second-order valence-electron chi connectivity index (χ2n) is 6.84. The van der Waals surface area contributed by atoms with Crippen LogP contribution in [0.4, 0.5) is 0 Å². The lowest BCUT2D eigenvalue weighted by Crippen LogP contribution is -2.50. The van der Waals surface area contributed by atoms with Crippen molar-refractivity contribution >= 4 is 0 Å². The normalized spacial score (nSPS) is 31.2. The highest BCUT2D eigenvalue weighted by molar-refractivity contribution is 5.43. The molecule has 2 nitrogen and oxygen atoms in total. The Labute approximate surface area is 147 Å². The van der Waals surface area contributed by atoms with Crippen LogP contribution in [0, 0.1) is 17.8 Å². The lowest BCUT2D eigenvalue weighted by molar-refractivity contribution is 0.169. The third-order valence-electron chi connectivity index (χ3n) is 5.16. The summed E-state index contributed by atoms with van der Waals surface area (Å²) in [4.78, 5) is 0. The van der Waals surface area contributed by atoms with Gasteiger partial charge in [-0.2, -0.15) is 0 Å². The molecule has 0 aromatic rings. The number of hydrogen-bond donors (Lipinski definition) is 1. The standard InChI is InChI=1S/C22H32N2/c1-6-9-11-18(10-7-2)22-17(5)19(8-3)20-14-12-16(4)13-15-21(20)24(22)23/h6-7,9-17,19,22H,8,23H2,1-5H3/b9-6-,10-7-,18-11+. The molecule has 0 bridgehead atoms. The van der Waals surface area contributed by atoms with Gasteiger partial charge in [0.1, 0.15) is 0 Å². The van der Waals surface area contributed by atoms with Gasteiger partial charge in [0.15, 0.2) is 0 Å². The lowest BCUT2D eigenvalue weighted by atomic mass is 9.74. The highest BCUT2D eigenvalue weighted by Crippen LogP contribution is 2.41. The predicted molar refractivity (Wildman–Crippen MR) is 105 cm³/mol. The van der Waals surface area contributed by atoms with E-state index in [1.54, 1.807) is 0 Å². The molecule has 0 spiro atoms. The Bertz CT molecular complexity index is 616. The highest BCUT2D eigenvalue weighted by atomic mass is 15.4. The summed E-state index contributed by atoms with van der Waals surface area (Å²) < 4.78 is 0. The van der Waals surface area contributed by atoms with Crippen LogP contribution in [-0.4, -0.2) is 11.1 Å². The van der Waals surface area contributed by atoms with Crippen LogP contribution in [0.15, 0.2) is 71.5 Å². The zero-order valence-corrected chi connectivity index (χ0v) is 15.7. The Morgan fingerprint density at radius 3 is 2.50 bits per heavy atom. The van der Waals surface area contributed by atoms with Crippen LogP contribution in [0.25, 0.3) is 0 Å². The summed E-state index contributed by atoms with van der Waals surface area (Å²) in [6, 6.07) is 0.188. The summed E-state index contributed by atoms with van der Waals surface area (Å²) >= 11 is 0. The molecule has 0 aromatic heterocycles. The Balaban J connectivity index is 2.54. The number of nitrogens with zero attached hydrogens (tertiary/aromatic N) is 1. The van der Waals surface area contributed by atoms with Gasteiger partial charge < -0.3 is 5.01 Å². The summed E-state index contributed by atoms with van der Waals surface area (Å²) in [5, 5.41) is 1.99. The first-order chi connectivity index (χ1) is 11.5. The molecule has 24 heavy (non-hydrogen) atoms. The fourth-order valence-corrected chi connectivity index (χ4v) is 3.91. The van der Waals surface area contributed by atoms with Crippen LogP contribution in [0.5, 0.6) is 0 Å². The molecule has 1 aliphatic carbocycles. The summed E-state index contributed by atoms with van der Waals surface area (Å²) in [5.41, 5.74) is 3.82. The van der Waals surface area contributed by atoms with Crippen LogP contribution in [-0.2, 0) is 0 Å². The van der Waals surface area contributed by atoms with E-state index in [1.165, 1.54) is 16.8 Å². The minimum atomic E-state index is 0.188. The van der Waals surface area contributed by atoms with E-state index in [-0.39, 0.29) is 6.04 Å². The monoisotopic (exact) mass is 324 g/mol. The van der Waals surface area contributed by atoms with Crippen molar-refractivity contribution in [2.45, 2.75) is 47.1 Å². The van der Waals surface area contributed by atoms with Crippen molar-refractivity contribution in [1.82, 2.24) is 5.01 Å². The summed E-state index contributed by atoms with van der Waals surface area (Å²) in [5.74, 6) is 8.08. The molecule has 1 aliphatic heterocycles. The van der Waals surface area contributed by atoms with Gasteiger partial charge in [-0.1, -0.05) is 69.4 Å². The molecule has 2 N–H and O–H groups in total. The van der Waals surface area contributed by atoms with Crippen molar-refractivity contribution in [2.24, 2.45) is 23.6 Å². The van der Waals surface area contributed by atoms with Crippen LogP contribution < -0.4 is 5.84 Å². The first-order valence-corrected chi connectivity index (χ1v) is 9.15. The topological polar surface area (TPSA) is 29.3 Å². The minimum absolute atomic E-state index is 0.188. The Hall–Kier alpha value is -1.80. The molecule has 1 heterocycles. The molecule has 2 heteroatoms. The molecule has 130 valence electrons. The summed E-state index contributed by atoms with van der Waals surface area (Å²) in [7, 11) is 0. The fourth-order valence-electron chi connectivity index (χ4n) is 3.91. The second kappa shape index (κ2) is 8.34. The van der Waals surface area contributed by atoms with Gasteiger partial charge in [-0.05, 0) is 55.2 Å². The predicted octanol–water partition coefficient (Wildman–Crippen LogP) is 5.30. The second-order valence-corrected chi connectivity index (χ2v) is 6.84. The van der Waals surface area contributed by atoms with E-state index in [4.69, 9.17) is 5.84 Å².